The van der Waals surface area contributed by atoms with E-state index in [4.69, 9.17) is 0 Å². The Balaban J connectivity index is 1.99. The van der Waals surface area contributed by atoms with Crippen LogP contribution in [0.2, 0.25) is 0 Å². The van der Waals surface area contributed by atoms with Crippen LogP contribution >= 0.6 is 0 Å². The third kappa shape index (κ3) is 3.66. The molecule has 0 radical (unpaired) electrons. The van der Waals surface area contributed by atoms with Crippen LogP contribution in [0.5, 0.6) is 0 Å². The zero-order valence-electron chi connectivity index (χ0n) is 12.9. The molecule has 9 heteroatoms. The van der Waals surface area contributed by atoms with E-state index >= 15 is 0 Å². The van der Waals surface area contributed by atoms with Crippen LogP contribution in [-0.4, -0.2) is 32.1 Å². The quantitative estimate of drug-likeness (QED) is 0.513. The van der Waals surface area contributed by atoms with Gasteiger partial charge in [0.15, 0.2) is 0 Å². The van der Waals surface area contributed by atoms with Crippen molar-refractivity contribution in [3.63, 3.8) is 0 Å². The Kier molecular flexibility index (Phi) is 4.74. The highest BCUT2D eigenvalue weighted by atomic mass is 19.1. The van der Waals surface area contributed by atoms with E-state index in [2.05, 4.69) is 20.5 Å². The van der Waals surface area contributed by atoms with Crippen LogP contribution in [0.1, 0.15) is 16.2 Å². The van der Waals surface area contributed by atoms with Crippen molar-refractivity contribution in [1.29, 1.82) is 0 Å². The van der Waals surface area contributed by atoms with Crippen LogP contribution in [0.15, 0.2) is 48.7 Å². The smallest absolute Gasteiger partial charge is 0.277 e. The molecule has 0 fully saturated rings. The Labute approximate surface area is 141 Å². The summed E-state index contributed by atoms with van der Waals surface area (Å²) in [7, 11) is 0. The number of carbonyl (C=O) groups is 2. The standard InChI is InChI=1S/C16H13FN6O2/c17-12-6-2-1-5-11(12)9-23-15(16(25)21-19-10-24)20-14(22-23)13-7-3-4-8-18-13/h1-8,10H,9H2,(H,19,24)(H,21,25). The van der Waals surface area contributed by atoms with Gasteiger partial charge in [-0.2, -0.15) is 0 Å². The van der Waals surface area contributed by atoms with Crippen LogP contribution in [0.3, 0.4) is 0 Å². The minimum atomic E-state index is -0.682. The molecular formula is C16H13FN6O2. The molecule has 0 bridgehead atoms. The number of aromatic nitrogens is 4. The van der Waals surface area contributed by atoms with Gasteiger partial charge in [-0.3, -0.25) is 25.4 Å². The molecule has 1 aromatic carbocycles. The lowest BCUT2D eigenvalue weighted by atomic mass is 10.2. The molecule has 0 aliphatic carbocycles. The topological polar surface area (TPSA) is 102 Å². The zero-order valence-corrected chi connectivity index (χ0v) is 12.9. The Hall–Kier alpha value is -3.62. The third-order valence-electron chi connectivity index (χ3n) is 3.29. The molecule has 2 amide bonds. The summed E-state index contributed by atoms with van der Waals surface area (Å²) in [5.41, 5.74) is 5.02. The molecule has 0 aliphatic rings. The molecule has 25 heavy (non-hydrogen) atoms. The Morgan fingerprint density at radius 2 is 2.00 bits per heavy atom. The van der Waals surface area contributed by atoms with E-state index in [1.807, 2.05) is 5.43 Å². The van der Waals surface area contributed by atoms with Gasteiger partial charge in [0.1, 0.15) is 11.5 Å². The number of pyridine rings is 1. The van der Waals surface area contributed by atoms with E-state index in [0.717, 1.165) is 0 Å². The van der Waals surface area contributed by atoms with Gasteiger partial charge < -0.3 is 0 Å². The van der Waals surface area contributed by atoms with Crippen LogP contribution in [0.25, 0.3) is 11.5 Å². The first-order valence-electron chi connectivity index (χ1n) is 7.28. The maximum absolute atomic E-state index is 13.9. The van der Waals surface area contributed by atoms with Crippen molar-refractivity contribution in [1.82, 2.24) is 30.6 Å². The number of nitrogens with one attached hydrogen (secondary N) is 2. The first-order chi connectivity index (χ1) is 12.2. The molecule has 3 aromatic rings. The van der Waals surface area contributed by atoms with Gasteiger partial charge in [-0.05, 0) is 18.2 Å². The Morgan fingerprint density at radius 3 is 2.72 bits per heavy atom. The average molecular weight is 340 g/mol. The molecular weight excluding hydrogens is 327 g/mol. The highest BCUT2D eigenvalue weighted by Gasteiger charge is 2.19. The molecule has 2 N–H and O–H groups in total. The summed E-state index contributed by atoms with van der Waals surface area (Å²) in [5, 5.41) is 4.25. The van der Waals surface area contributed by atoms with E-state index in [1.165, 1.54) is 10.7 Å². The molecule has 0 saturated heterocycles. The third-order valence-corrected chi connectivity index (χ3v) is 3.29. The van der Waals surface area contributed by atoms with Gasteiger partial charge in [0.25, 0.3) is 0 Å². The van der Waals surface area contributed by atoms with Gasteiger partial charge in [-0.1, -0.05) is 24.3 Å². The van der Waals surface area contributed by atoms with Gasteiger partial charge in [0.2, 0.25) is 18.1 Å². The summed E-state index contributed by atoms with van der Waals surface area (Å²) < 4.78 is 15.2. The lowest BCUT2D eigenvalue weighted by Gasteiger charge is -2.06. The number of nitrogens with zero attached hydrogens (tertiary/aromatic N) is 4. The monoisotopic (exact) mass is 340 g/mol. The van der Waals surface area contributed by atoms with E-state index in [-0.39, 0.29) is 18.2 Å². The van der Waals surface area contributed by atoms with Crippen molar-refractivity contribution in [3.05, 3.63) is 65.9 Å². The second-order valence-corrected chi connectivity index (χ2v) is 4.94. The molecule has 3 rings (SSSR count). The fourth-order valence-electron chi connectivity index (χ4n) is 2.16. The normalized spacial score (nSPS) is 10.3. The predicted molar refractivity (Wildman–Crippen MR) is 85.4 cm³/mol. The average Bonchev–Trinajstić information content (AvgIpc) is 3.06. The highest BCUT2D eigenvalue weighted by molar-refractivity contribution is 5.91. The largest absolute Gasteiger partial charge is 0.307 e. The van der Waals surface area contributed by atoms with Gasteiger partial charge in [-0.15, -0.1) is 5.10 Å². The predicted octanol–water partition coefficient (Wildman–Crippen LogP) is 0.918. The van der Waals surface area contributed by atoms with Crippen LogP contribution in [0, 0.1) is 5.82 Å². The molecule has 0 atom stereocenters. The Morgan fingerprint density at radius 1 is 1.20 bits per heavy atom. The number of hydrazine groups is 1. The van der Waals surface area contributed by atoms with Crippen molar-refractivity contribution in [3.8, 4) is 11.5 Å². The van der Waals surface area contributed by atoms with Gasteiger partial charge in [0, 0.05) is 11.8 Å². The van der Waals surface area contributed by atoms with E-state index in [9.17, 15) is 14.0 Å². The first-order valence-corrected chi connectivity index (χ1v) is 7.28. The van der Waals surface area contributed by atoms with Crippen molar-refractivity contribution < 1.29 is 14.0 Å². The minimum absolute atomic E-state index is 0.00362. The lowest BCUT2D eigenvalue weighted by Crippen LogP contribution is -2.38. The van der Waals surface area contributed by atoms with Gasteiger partial charge in [0.05, 0.1) is 6.54 Å². The van der Waals surface area contributed by atoms with E-state index in [0.29, 0.717) is 17.7 Å². The summed E-state index contributed by atoms with van der Waals surface area (Å²) in [6.07, 6.45) is 1.88. The Bertz CT molecular complexity index is 897. The van der Waals surface area contributed by atoms with Crippen molar-refractivity contribution in [2.75, 3.05) is 0 Å². The van der Waals surface area contributed by atoms with E-state index < -0.39 is 11.7 Å². The molecule has 0 unspecified atom stereocenters. The number of hydrogen-bond acceptors (Lipinski definition) is 5. The summed E-state index contributed by atoms with van der Waals surface area (Å²) in [6.45, 7) is -0.00362. The minimum Gasteiger partial charge on any atom is -0.277 e. The fourth-order valence-corrected chi connectivity index (χ4v) is 2.16. The molecule has 0 saturated carbocycles. The summed E-state index contributed by atoms with van der Waals surface area (Å²) in [5.74, 6) is -0.973. The number of rotatable bonds is 6. The van der Waals surface area contributed by atoms with Gasteiger partial charge >= 0.3 is 5.91 Å². The van der Waals surface area contributed by atoms with Crippen LogP contribution < -0.4 is 10.9 Å². The second kappa shape index (κ2) is 7.30. The number of carbonyl (C=O) groups excluding carboxylic acids is 2. The van der Waals surface area contributed by atoms with Crippen LogP contribution in [0.4, 0.5) is 4.39 Å². The maximum Gasteiger partial charge on any atom is 0.307 e. The molecule has 0 spiro atoms. The fraction of sp³-hybridized carbons (Fsp3) is 0.0625. The van der Waals surface area contributed by atoms with Crippen LogP contribution in [-0.2, 0) is 11.3 Å². The summed E-state index contributed by atoms with van der Waals surface area (Å²) in [4.78, 5) is 30.8. The molecule has 2 heterocycles. The summed E-state index contributed by atoms with van der Waals surface area (Å²) >= 11 is 0. The zero-order chi connectivity index (χ0) is 17.6. The molecule has 126 valence electrons. The number of amides is 2. The molecule has 8 nitrogen and oxygen atoms in total. The maximum atomic E-state index is 13.9. The number of halogens is 1. The first kappa shape index (κ1) is 16.2. The molecule has 0 aliphatic heterocycles. The van der Waals surface area contributed by atoms with Crippen molar-refractivity contribution in [2.45, 2.75) is 6.54 Å². The van der Waals surface area contributed by atoms with Crippen molar-refractivity contribution >= 4 is 12.3 Å². The van der Waals surface area contributed by atoms with E-state index in [1.54, 1.807) is 42.6 Å². The SMILES string of the molecule is O=CNNC(=O)c1nc(-c2ccccn2)nn1Cc1ccccc1F. The lowest BCUT2D eigenvalue weighted by molar-refractivity contribution is -0.110. The van der Waals surface area contributed by atoms with Gasteiger partial charge in [-0.25, -0.2) is 14.1 Å². The number of hydrogen-bond donors (Lipinski definition) is 2. The second-order valence-electron chi connectivity index (χ2n) is 4.94. The molecule has 2 aromatic heterocycles. The number of benzene rings is 1. The highest BCUT2D eigenvalue weighted by Crippen LogP contribution is 2.15. The van der Waals surface area contributed by atoms with Crippen molar-refractivity contribution in [2.24, 2.45) is 0 Å². The summed E-state index contributed by atoms with van der Waals surface area (Å²) in [6, 6.07) is 11.3.